The monoisotopic (exact) mass is 273 g/mol. The van der Waals surface area contributed by atoms with Gasteiger partial charge in [0, 0.05) is 29.9 Å². The largest absolute Gasteiger partial charge is 0.488 e. The lowest BCUT2D eigenvalue weighted by Crippen LogP contribution is -2.33. The molecule has 3 rings (SSSR count). The topological polar surface area (TPSA) is 91.3 Å². The fraction of sp³-hybridized carbons (Fsp3) is 0.357. The van der Waals surface area contributed by atoms with E-state index in [0.717, 1.165) is 19.3 Å². The number of hydrogen-bond donors (Lipinski definition) is 1. The lowest BCUT2D eigenvalue weighted by molar-refractivity contribution is -0.383. The van der Waals surface area contributed by atoms with Crippen LogP contribution in [0.15, 0.2) is 30.6 Å². The average Bonchev–Trinajstić information content (AvgIpc) is 2.84. The van der Waals surface area contributed by atoms with E-state index < -0.39 is 4.92 Å². The van der Waals surface area contributed by atoms with Crippen LogP contribution in [0.1, 0.15) is 19.3 Å². The second kappa shape index (κ2) is 5.05. The van der Waals surface area contributed by atoms with Crippen LogP contribution in [-0.2, 0) is 0 Å². The smallest absolute Gasteiger partial charge is 0.279 e. The molecule has 20 heavy (non-hydrogen) atoms. The van der Waals surface area contributed by atoms with Gasteiger partial charge in [-0.3, -0.25) is 15.1 Å². The minimum absolute atomic E-state index is 0.0205. The number of aromatic nitrogens is 1. The van der Waals surface area contributed by atoms with E-state index >= 15 is 0 Å². The first-order chi connectivity index (χ1) is 9.66. The van der Waals surface area contributed by atoms with Gasteiger partial charge in [0.2, 0.25) is 0 Å². The molecule has 1 heterocycles. The van der Waals surface area contributed by atoms with Gasteiger partial charge in [0.1, 0.15) is 11.9 Å². The number of non-ortho nitro benzene ring substituents is 1. The zero-order valence-electron chi connectivity index (χ0n) is 10.9. The predicted octanol–water partition coefficient (Wildman–Crippen LogP) is 2.40. The van der Waals surface area contributed by atoms with Crippen molar-refractivity contribution in [3.05, 3.63) is 40.7 Å². The van der Waals surface area contributed by atoms with E-state index in [1.165, 1.54) is 12.3 Å². The molecule has 0 amide bonds. The third-order valence-corrected chi connectivity index (χ3v) is 3.73. The SMILES string of the molecule is NC1CCCC1Oc1ccc([N+](=O)[O-])c2cnccc12. The number of pyridine rings is 1. The van der Waals surface area contributed by atoms with Crippen LogP contribution in [-0.4, -0.2) is 22.1 Å². The van der Waals surface area contributed by atoms with Crippen molar-refractivity contribution >= 4 is 16.5 Å². The zero-order valence-corrected chi connectivity index (χ0v) is 10.9. The van der Waals surface area contributed by atoms with Crippen molar-refractivity contribution in [2.75, 3.05) is 0 Å². The Morgan fingerprint density at radius 3 is 2.85 bits per heavy atom. The molecule has 0 aliphatic heterocycles. The van der Waals surface area contributed by atoms with Gasteiger partial charge in [0.25, 0.3) is 5.69 Å². The predicted molar refractivity (Wildman–Crippen MR) is 74.6 cm³/mol. The second-order valence-corrected chi connectivity index (χ2v) is 5.01. The number of fused-ring (bicyclic) bond motifs is 1. The van der Waals surface area contributed by atoms with Crippen LogP contribution >= 0.6 is 0 Å². The minimum atomic E-state index is -0.408. The molecule has 6 nitrogen and oxygen atoms in total. The molecule has 1 fully saturated rings. The normalized spacial score (nSPS) is 22.1. The molecule has 6 heteroatoms. The molecular weight excluding hydrogens is 258 g/mol. The number of nitro groups is 1. The van der Waals surface area contributed by atoms with E-state index in [-0.39, 0.29) is 17.8 Å². The van der Waals surface area contributed by atoms with Crippen molar-refractivity contribution in [3.63, 3.8) is 0 Å². The molecule has 2 unspecified atom stereocenters. The second-order valence-electron chi connectivity index (χ2n) is 5.01. The van der Waals surface area contributed by atoms with Crippen molar-refractivity contribution in [1.29, 1.82) is 0 Å². The lowest BCUT2D eigenvalue weighted by atomic mass is 10.1. The summed E-state index contributed by atoms with van der Waals surface area (Å²) in [7, 11) is 0. The maximum atomic E-state index is 11.0. The molecule has 0 radical (unpaired) electrons. The number of benzene rings is 1. The summed E-state index contributed by atoms with van der Waals surface area (Å²) < 4.78 is 5.96. The van der Waals surface area contributed by atoms with Crippen molar-refractivity contribution < 1.29 is 9.66 Å². The van der Waals surface area contributed by atoms with Crippen LogP contribution in [0.25, 0.3) is 10.8 Å². The van der Waals surface area contributed by atoms with E-state index in [4.69, 9.17) is 10.5 Å². The molecule has 1 aliphatic carbocycles. The molecule has 2 N–H and O–H groups in total. The van der Waals surface area contributed by atoms with Crippen LogP contribution in [0.5, 0.6) is 5.75 Å². The number of hydrogen-bond acceptors (Lipinski definition) is 5. The van der Waals surface area contributed by atoms with E-state index in [1.54, 1.807) is 18.3 Å². The average molecular weight is 273 g/mol. The summed E-state index contributed by atoms with van der Waals surface area (Å²) in [6.07, 6.45) is 6.01. The summed E-state index contributed by atoms with van der Waals surface area (Å²) in [5, 5.41) is 12.2. The summed E-state index contributed by atoms with van der Waals surface area (Å²) in [4.78, 5) is 14.6. The van der Waals surface area contributed by atoms with Gasteiger partial charge < -0.3 is 10.5 Å². The Morgan fingerprint density at radius 2 is 2.15 bits per heavy atom. The first-order valence-corrected chi connectivity index (χ1v) is 6.60. The van der Waals surface area contributed by atoms with E-state index in [2.05, 4.69) is 4.98 Å². The molecule has 2 aromatic rings. The van der Waals surface area contributed by atoms with Gasteiger partial charge in [-0.1, -0.05) is 0 Å². The molecule has 0 spiro atoms. The fourth-order valence-electron chi connectivity index (χ4n) is 2.67. The van der Waals surface area contributed by atoms with E-state index in [9.17, 15) is 10.1 Å². The summed E-state index contributed by atoms with van der Waals surface area (Å²) in [5.74, 6) is 0.635. The van der Waals surface area contributed by atoms with Gasteiger partial charge in [-0.05, 0) is 31.4 Å². The highest BCUT2D eigenvalue weighted by Crippen LogP contribution is 2.34. The van der Waals surface area contributed by atoms with Crippen LogP contribution < -0.4 is 10.5 Å². The van der Waals surface area contributed by atoms with Gasteiger partial charge in [-0.15, -0.1) is 0 Å². The van der Waals surface area contributed by atoms with Crippen LogP contribution in [0.4, 0.5) is 5.69 Å². The molecule has 0 bridgehead atoms. The highest BCUT2D eigenvalue weighted by molar-refractivity contribution is 5.94. The number of nitro benzene ring substituents is 1. The van der Waals surface area contributed by atoms with Crippen molar-refractivity contribution in [2.45, 2.75) is 31.4 Å². The molecule has 0 saturated heterocycles. The van der Waals surface area contributed by atoms with Gasteiger partial charge >= 0.3 is 0 Å². The van der Waals surface area contributed by atoms with E-state index in [1.807, 2.05) is 0 Å². The first kappa shape index (κ1) is 12.8. The number of rotatable bonds is 3. The van der Waals surface area contributed by atoms with Crippen molar-refractivity contribution in [2.24, 2.45) is 5.73 Å². The standard InChI is InChI=1S/C14H15N3O3/c15-11-2-1-3-14(11)20-13-5-4-12(17(18)19)10-8-16-7-6-9(10)13/h4-8,11,14H,1-3,15H2. The highest BCUT2D eigenvalue weighted by atomic mass is 16.6. The fourth-order valence-corrected chi connectivity index (χ4v) is 2.67. The molecule has 1 aromatic heterocycles. The number of nitrogens with zero attached hydrogens (tertiary/aromatic N) is 2. The lowest BCUT2D eigenvalue weighted by Gasteiger charge is -2.19. The summed E-state index contributed by atoms with van der Waals surface area (Å²) >= 11 is 0. The highest BCUT2D eigenvalue weighted by Gasteiger charge is 2.26. The summed E-state index contributed by atoms with van der Waals surface area (Å²) in [6.45, 7) is 0. The Hall–Kier alpha value is -2.21. The van der Waals surface area contributed by atoms with Crippen molar-refractivity contribution in [3.8, 4) is 5.75 Å². The number of ether oxygens (including phenoxy) is 1. The molecule has 1 aromatic carbocycles. The van der Waals surface area contributed by atoms with Crippen LogP contribution in [0.2, 0.25) is 0 Å². The molecule has 1 aliphatic rings. The summed E-state index contributed by atoms with van der Waals surface area (Å²) in [5.41, 5.74) is 6.04. The molecule has 2 atom stereocenters. The van der Waals surface area contributed by atoms with Gasteiger partial charge in [-0.2, -0.15) is 0 Å². The minimum Gasteiger partial charge on any atom is -0.488 e. The Bertz CT molecular complexity index is 659. The van der Waals surface area contributed by atoms with Gasteiger partial charge in [-0.25, -0.2) is 0 Å². The van der Waals surface area contributed by atoms with E-state index in [0.29, 0.717) is 16.5 Å². The van der Waals surface area contributed by atoms with Crippen LogP contribution in [0.3, 0.4) is 0 Å². The number of nitrogens with two attached hydrogens (primary N) is 1. The Balaban J connectivity index is 2.04. The Labute approximate surface area is 115 Å². The first-order valence-electron chi connectivity index (χ1n) is 6.60. The molecule has 1 saturated carbocycles. The van der Waals surface area contributed by atoms with Gasteiger partial charge in [0.15, 0.2) is 0 Å². The Morgan fingerprint density at radius 1 is 1.30 bits per heavy atom. The maximum absolute atomic E-state index is 11.0. The maximum Gasteiger partial charge on any atom is 0.279 e. The van der Waals surface area contributed by atoms with Crippen molar-refractivity contribution in [1.82, 2.24) is 4.98 Å². The molecular formula is C14H15N3O3. The third-order valence-electron chi connectivity index (χ3n) is 3.73. The zero-order chi connectivity index (χ0) is 14.1. The van der Waals surface area contributed by atoms with Crippen LogP contribution in [0, 0.1) is 10.1 Å². The molecule has 104 valence electrons. The quantitative estimate of drug-likeness (QED) is 0.684. The Kier molecular flexibility index (Phi) is 3.23. The third kappa shape index (κ3) is 2.18. The van der Waals surface area contributed by atoms with Gasteiger partial charge in [0.05, 0.1) is 10.3 Å². The summed E-state index contributed by atoms with van der Waals surface area (Å²) in [6, 6.07) is 4.87.